The first-order valence-corrected chi connectivity index (χ1v) is 7.03. The lowest BCUT2D eigenvalue weighted by atomic mass is 9.84. The molecule has 0 bridgehead atoms. The van der Waals surface area contributed by atoms with Gasteiger partial charge in [0.05, 0.1) is 12.1 Å². The summed E-state index contributed by atoms with van der Waals surface area (Å²) in [4.78, 5) is 11.9. The van der Waals surface area contributed by atoms with Gasteiger partial charge >= 0.3 is 0 Å². The molecule has 0 unspecified atom stereocenters. The largest absolute Gasteiger partial charge is 0.508 e. The van der Waals surface area contributed by atoms with E-state index >= 15 is 0 Å². The zero-order valence-corrected chi connectivity index (χ0v) is 12.4. The average Bonchev–Trinajstić information content (AvgIpc) is 2.45. The second-order valence-corrected chi connectivity index (χ2v) is 5.50. The number of halogens is 2. The average molecular weight is 322 g/mol. The summed E-state index contributed by atoms with van der Waals surface area (Å²) >= 11 is 6.04. The lowest BCUT2D eigenvalue weighted by Gasteiger charge is -2.26. The molecule has 2 aromatic rings. The van der Waals surface area contributed by atoms with Crippen LogP contribution in [0.2, 0.25) is 5.02 Å². The van der Waals surface area contributed by atoms with Gasteiger partial charge in [-0.25, -0.2) is 4.39 Å². The number of aromatic hydroxyl groups is 1. The van der Waals surface area contributed by atoms with E-state index in [9.17, 15) is 14.3 Å². The highest BCUT2D eigenvalue weighted by Crippen LogP contribution is 2.41. The fourth-order valence-corrected chi connectivity index (χ4v) is 3.02. The molecule has 1 amide bonds. The fraction of sp³-hybridized carbons (Fsp3) is 0.188. The first-order chi connectivity index (χ1) is 10.5. The van der Waals surface area contributed by atoms with Crippen molar-refractivity contribution in [3.05, 3.63) is 52.3 Å². The van der Waals surface area contributed by atoms with Gasteiger partial charge in [0, 0.05) is 24.1 Å². The molecule has 0 fully saturated rings. The van der Waals surface area contributed by atoms with Gasteiger partial charge in [0.1, 0.15) is 5.75 Å². The van der Waals surface area contributed by atoms with Crippen molar-refractivity contribution in [1.29, 1.82) is 0 Å². The van der Waals surface area contributed by atoms with Crippen LogP contribution in [0.5, 0.6) is 11.5 Å². The molecule has 6 heteroatoms. The number of ether oxygens (including phenoxy) is 1. The van der Waals surface area contributed by atoms with Crippen LogP contribution in [0.3, 0.4) is 0 Å². The van der Waals surface area contributed by atoms with E-state index in [1.807, 2.05) is 0 Å². The second kappa shape index (κ2) is 5.50. The number of hydrogen-bond acceptors (Lipinski definition) is 3. The molecule has 2 N–H and O–H groups in total. The van der Waals surface area contributed by atoms with E-state index < -0.39 is 5.82 Å². The van der Waals surface area contributed by atoms with Crippen molar-refractivity contribution in [2.45, 2.75) is 12.3 Å². The minimum atomic E-state index is -0.573. The van der Waals surface area contributed by atoms with E-state index in [4.69, 9.17) is 16.3 Å². The van der Waals surface area contributed by atoms with E-state index in [1.165, 1.54) is 25.3 Å². The highest BCUT2D eigenvalue weighted by atomic mass is 35.5. The summed E-state index contributed by atoms with van der Waals surface area (Å²) in [6, 6.07) is 7.64. The molecule has 1 aliphatic rings. The van der Waals surface area contributed by atoms with Crippen LogP contribution < -0.4 is 10.1 Å². The summed E-state index contributed by atoms with van der Waals surface area (Å²) in [5.74, 6) is -1.07. The third-order valence-corrected chi connectivity index (χ3v) is 3.98. The Balaban J connectivity index is 2.11. The summed E-state index contributed by atoms with van der Waals surface area (Å²) in [5.41, 5.74) is 1.91. The Morgan fingerprint density at radius 1 is 1.36 bits per heavy atom. The highest BCUT2D eigenvalue weighted by molar-refractivity contribution is 6.32. The molecular weight excluding hydrogens is 309 g/mol. The maximum atomic E-state index is 14.1. The Hall–Kier alpha value is -2.27. The van der Waals surface area contributed by atoms with Crippen LogP contribution in [0.15, 0.2) is 30.3 Å². The molecule has 0 aliphatic carbocycles. The van der Waals surface area contributed by atoms with Crippen LogP contribution in [0.1, 0.15) is 23.5 Å². The molecule has 0 aromatic heterocycles. The zero-order valence-electron chi connectivity index (χ0n) is 11.7. The van der Waals surface area contributed by atoms with Gasteiger partial charge in [0.15, 0.2) is 11.6 Å². The number of carbonyl (C=O) groups excluding carboxylic acids is 1. The molecule has 114 valence electrons. The lowest BCUT2D eigenvalue weighted by Crippen LogP contribution is -2.23. The molecule has 0 radical (unpaired) electrons. The second-order valence-electron chi connectivity index (χ2n) is 5.09. The van der Waals surface area contributed by atoms with Crippen LogP contribution in [-0.4, -0.2) is 18.1 Å². The van der Waals surface area contributed by atoms with Gasteiger partial charge in [-0.05, 0) is 29.3 Å². The van der Waals surface area contributed by atoms with Crippen molar-refractivity contribution in [2.24, 2.45) is 0 Å². The molecule has 22 heavy (non-hydrogen) atoms. The Labute approximate surface area is 131 Å². The van der Waals surface area contributed by atoms with Gasteiger partial charge in [-0.1, -0.05) is 17.7 Å². The van der Waals surface area contributed by atoms with Crippen molar-refractivity contribution in [3.63, 3.8) is 0 Å². The number of nitrogens with one attached hydrogen (secondary N) is 1. The summed E-state index contributed by atoms with van der Waals surface area (Å²) in [7, 11) is 1.34. The molecule has 1 heterocycles. The van der Waals surface area contributed by atoms with Gasteiger partial charge in [-0.15, -0.1) is 0 Å². The Kier molecular flexibility index (Phi) is 3.66. The predicted molar refractivity (Wildman–Crippen MR) is 81.2 cm³/mol. The smallest absolute Gasteiger partial charge is 0.225 e. The van der Waals surface area contributed by atoms with Crippen LogP contribution in [-0.2, 0) is 4.79 Å². The molecule has 0 spiro atoms. The minimum absolute atomic E-state index is 0.0170. The number of carbonyl (C=O) groups is 1. The zero-order chi connectivity index (χ0) is 15.9. The highest BCUT2D eigenvalue weighted by Gasteiger charge is 2.28. The Morgan fingerprint density at radius 2 is 2.14 bits per heavy atom. The summed E-state index contributed by atoms with van der Waals surface area (Å²) in [6.45, 7) is 0. The number of phenols is 1. The summed E-state index contributed by atoms with van der Waals surface area (Å²) in [5, 5.41) is 12.4. The normalized spacial score (nSPS) is 16.9. The number of hydrogen-bond donors (Lipinski definition) is 2. The predicted octanol–water partition coefficient (Wildman–Crippen LogP) is 3.67. The maximum Gasteiger partial charge on any atom is 0.225 e. The molecular formula is C16H13ClFNO3. The Bertz CT molecular complexity index is 740. The minimum Gasteiger partial charge on any atom is -0.508 e. The van der Waals surface area contributed by atoms with E-state index in [2.05, 4.69) is 5.32 Å². The van der Waals surface area contributed by atoms with Gasteiger partial charge in [0.2, 0.25) is 5.91 Å². The lowest BCUT2D eigenvalue weighted by molar-refractivity contribution is -0.116. The Morgan fingerprint density at radius 3 is 2.82 bits per heavy atom. The van der Waals surface area contributed by atoms with E-state index in [-0.39, 0.29) is 34.8 Å². The van der Waals surface area contributed by atoms with Crippen LogP contribution in [0, 0.1) is 5.82 Å². The number of anilines is 1. The molecule has 2 aromatic carbocycles. The fourth-order valence-electron chi connectivity index (χ4n) is 2.73. The molecule has 4 nitrogen and oxygen atoms in total. The summed E-state index contributed by atoms with van der Waals surface area (Å²) in [6.07, 6.45) is 0.180. The third-order valence-electron chi connectivity index (χ3n) is 3.70. The molecule has 3 rings (SSSR count). The summed E-state index contributed by atoms with van der Waals surface area (Å²) < 4.78 is 19.0. The van der Waals surface area contributed by atoms with E-state index in [0.29, 0.717) is 11.3 Å². The van der Waals surface area contributed by atoms with E-state index in [1.54, 1.807) is 12.1 Å². The SMILES string of the molecule is COc1c(F)cc([C@@H]2CC(=O)Nc3cc(O)ccc32)cc1Cl. The van der Waals surface area contributed by atoms with Gasteiger partial charge in [-0.2, -0.15) is 0 Å². The van der Waals surface area contributed by atoms with Crippen molar-refractivity contribution < 1.29 is 19.0 Å². The first-order valence-electron chi connectivity index (χ1n) is 6.65. The van der Waals surface area contributed by atoms with Crippen molar-refractivity contribution in [3.8, 4) is 11.5 Å². The van der Waals surface area contributed by atoms with Gasteiger partial charge in [0.25, 0.3) is 0 Å². The number of methoxy groups -OCH3 is 1. The first kappa shape index (κ1) is 14.7. The number of benzene rings is 2. The number of fused-ring (bicyclic) bond motifs is 1. The van der Waals surface area contributed by atoms with Crippen LogP contribution >= 0.6 is 11.6 Å². The third kappa shape index (κ3) is 2.48. The molecule has 0 saturated carbocycles. The number of rotatable bonds is 2. The maximum absolute atomic E-state index is 14.1. The van der Waals surface area contributed by atoms with Crippen LogP contribution in [0.4, 0.5) is 10.1 Å². The van der Waals surface area contributed by atoms with Crippen molar-refractivity contribution in [2.75, 3.05) is 12.4 Å². The monoisotopic (exact) mass is 321 g/mol. The van der Waals surface area contributed by atoms with Crippen molar-refractivity contribution in [1.82, 2.24) is 0 Å². The van der Waals surface area contributed by atoms with Crippen molar-refractivity contribution >= 4 is 23.2 Å². The van der Waals surface area contributed by atoms with Crippen LogP contribution in [0.25, 0.3) is 0 Å². The molecule has 0 saturated heterocycles. The number of amides is 1. The topological polar surface area (TPSA) is 58.6 Å². The standard InChI is InChI=1S/C16H13ClFNO3/c1-22-16-12(17)4-8(5-13(16)18)11-7-15(21)19-14-6-9(20)2-3-10(11)14/h2-6,11,20H,7H2,1H3,(H,19,21)/t11-/m0/s1. The van der Waals surface area contributed by atoms with Gasteiger partial charge < -0.3 is 15.2 Å². The number of phenolic OH excluding ortho intramolecular Hbond substituents is 1. The molecule has 1 aliphatic heterocycles. The van der Waals surface area contributed by atoms with E-state index in [0.717, 1.165) is 5.56 Å². The van der Waals surface area contributed by atoms with Gasteiger partial charge in [-0.3, -0.25) is 4.79 Å². The molecule has 1 atom stereocenters. The quantitative estimate of drug-likeness (QED) is 0.887.